The fourth-order valence-electron chi connectivity index (χ4n) is 1.34. The molecule has 0 radical (unpaired) electrons. The third-order valence-corrected chi connectivity index (χ3v) is 3.27. The Kier molecular flexibility index (Phi) is 3.72. The van der Waals surface area contributed by atoms with Crippen LogP contribution in [-0.2, 0) is 0 Å². The van der Waals surface area contributed by atoms with Crippen LogP contribution >= 0.6 is 22.6 Å². The molecule has 6 heteroatoms. The second-order valence-corrected chi connectivity index (χ2v) is 4.76. The van der Waals surface area contributed by atoms with E-state index in [0.29, 0.717) is 17.3 Å². The Morgan fingerprint density at radius 3 is 2.94 bits per heavy atom. The van der Waals surface area contributed by atoms with Crippen molar-refractivity contribution >= 4 is 22.6 Å². The summed E-state index contributed by atoms with van der Waals surface area (Å²) in [7, 11) is 0. The lowest BCUT2D eigenvalue weighted by Gasteiger charge is -2.00. The number of nitrogens with two attached hydrogens (primary N) is 1. The monoisotopic (exact) mass is 347 g/mol. The number of aromatic nitrogens is 2. The van der Waals surface area contributed by atoms with Gasteiger partial charge in [-0.3, -0.25) is 0 Å². The van der Waals surface area contributed by atoms with Crippen molar-refractivity contribution in [2.75, 3.05) is 0 Å². The molecule has 1 unspecified atom stereocenters. The summed E-state index contributed by atoms with van der Waals surface area (Å²) in [6.45, 7) is 1.95. The van der Waals surface area contributed by atoms with Gasteiger partial charge in [-0.25, -0.2) is 4.39 Å². The Labute approximate surface area is 112 Å². The third kappa shape index (κ3) is 2.63. The number of hydrogen-bond donors (Lipinski definition) is 1. The molecule has 0 saturated carbocycles. The van der Waals surface area contributed by atoms with Gasteiger partial charge in [-0.15, -0.1) is 0 Å². The molecule has 1 aromatic heterocycles. The summed E-state index contributed by atoms with van der Waals surface area (Å²) in [5.74, 6) is 0.555. The smallest absolute Gasteiger partial charge is 0.259 e. The molecule has 2 aromatic rings. The number of benzene rings is 1. The minimum atomic E-state index is -0.289. The first kappa shape index (κ1) is 12.4. The lowest BCUT2D eigenvalue weighted by Crippen LogP contribution is -2.10. The highest BCUT2D eigenvalue weighted by atomic mass is 127. The quantitative estimate of drug-likeness (QED) is 0.868. The first-order valence-electron chi connectivity index (χ1n) is 5.16. The molecule has 0 fully saturated rings. The Hall–Kier alpha value is -1.02. The predicted molar refractivity (Wildman–Crippen MR) is 69.6 cm³/mol. The molecule has 0 saturated heterocycles. The van der Waals surface area contributed by atoms with Gasteiger partial charge in [-0.2, -0.15) is 4.98 Å². The van der Waals surface area contributed by atoms with E-state index in [1.165, 1.54) is 12.1 Å². The van der Waals surface area contributed by atoms with E-state index in [2.05, 4.69) is 10.1 Å². The van der Waals surface area contributed by atoms with Gasteiger partial charge in [0, 0.05) is 3.57 Å². The fourth-order valence-corrected chi connectivity index (χ4v) is 2.05. The average molecular weight is 347 g/mol. The van der Waals surface area contributed by atoms with Crippen molar-refractivity contribution in [2.45, 2.75) is 19.4 Å². The summed E-state index contributed by atoms with van der Waals surface area (Å²) in [6, 6.07) is 4.16. The molecule has 17 heavy (non-hydrogen) atoms. The molecule has 90 valence electrons. The topological polar surface area (TPSA) is 64.9 Å². The van der Waals surface area contributed by atoms with E-state index in [-0.39, 0.29) is 11.9 Å². The van der Waals surface area contributed by atoms with Crippen LogP contribution in [0, 0.1) is 9.39 Å². The van der Waals surface area contributed by atoms with Crippen LogP contribution in [0.25, 0.3) is 11.5 Å². The molecule has 1 aromatic carbocycles. The number of hydrogen-bond acceptors (Lipinski definition) is 4. The molecule has 2 rings (SSSR count). The highest BCUT2D eigenvalue weighted by molar-refractivity contribution is 14.1. The predicted octanol–water partition coefficient (Wildman–Crippen LogP) is 2.89. The summed E-state index contributed by atoms with van der Waals surface area (Å²) >= 11 is 2.03. The van der Waals surface area contributed by atoms with Crippen molar-refractivity contribution in [3.8, 4) is 11.5 Å². The molecular formula is C11H11FIN3O. The maximum Gasteiger partial charge on any atom is 0.259 e. The second kappa shape index (κ2) is 5.09. The van der Waals surface area contributed by atoms with Crippen LogP contribution in [0.3, 0.4) is 0 Å². The van der Waals surface area contributed by atoms with Gasteiger partial charge < -0.3 is 10.3 Å². The minimum Gasteiger partial charge on any atom is -0.334 e. The lowest BCUT2D eigenvalue weighted by molar-refractivity contribution is 0.415. The Balaban J connectivity index is 2.37. The van der Waals surface area contributed by atoms with E-state index in [1.54, 1.807) is 6.07 Å². The first-order valence-corrected chi connectivity index (χ1v) is 6.24. The van der Waals surface area contributed by atoms with Gasteiger partial charge in [0.1, 0.15) is 5.82 Å². The minimum absolute atomic E-state index is 0.231. The van der Waals surface area contributed by atoms with Crippen molar-refractivity contribution in [3.63, 3.8) is 0 Å². The first-order chi connectivity index (χ1) is 8.11. The van der Waals surface area contributed by atoms with Crippen molar-refractivity contribution in [2.24, 2.45) is 5.73 Å². The van der Waals surface area contributed by atoms with E-state index in [9.17, 15) is 4.39 Å². The molecule has 0 aliphatic carbocycles. The van der Waals surface area contributed by atoms with Crippen molar-refractivity contribution in [3.05, 3.63) is 33.4 Å². The van der Waals surface area contributed by atoms with Gasteiger partial charge in [0.25, 0.3) is 5.89 Å². The van der Waals surface area contributed by atoms with Gasteiger partial charge in [0.05, 0.1) is 11.6 Å². The SMILES string of the molecule is CCC(N)c1noc(-c2ccc(F)cc2I)n1. The maximum atomic E-state index is 13.0. The second-order valence-electron chi connectivity index (χ2n) is 3.60. The van der Waals surface area contributed by atoms with Gasteiger partial charge in [-0.05, 0) is 47.2 Å². The van der Waals surface area contributed by atoms with Gasteiger partial charge in [-0.1, -0.05) is 12.1 Å². The van der Waals surface area contributed by atoms with Gasteiger partial charge >= 0.3 is 0 Å². The Morgan fingerprint density at radius 1 is 1.53 bits per heavy atom. The van der Waals surface area contributed by atoms with E-state index < -0.39 is 0 Å². The normalized spacial score (nSPS) is 12.7. The third-order valence-electron chi connectivity index (χ3n) is 2.37. The Morgan fingerprint density at radius 2 is 2.29 bits per heavy atom. The zero-order valence-electron chi connectivity index (χ0n) is 9.15. The van der Waals surface area contributed by atoms with Crippen LogP contribution in [0.4, 0.5) is 4.39 Å². The molecule has 0 aliphatic rings. The summed E-state index contributed by atoms with van der Waals surface area (Å²) < 4.78 is 18.8. The zero-order chi connectivity index (χ0) is 12.4. The van der Waals surface area contributed by atoms with E-state index in [1.807, 2.05) is 29.5 Å². The molecule has 1 heterocycles. The largest absolute Gasteiger partial charge is 0.334 e. The van der Waals surface area contributed by atoms with Crippen LogP contribution in [0.2, 0.25) is 0 Å². The molecule has 0 aliphatic heterocycles. The van der Waals surface area contributed by atoms with Crippen LogP contribution in [0.15, 0.2) is 22.7 Å². The van der Waals surface area contributed by atoms with Crippen LogP contribution in [-0.4, -0.2) is 10.1 Å². The standard InChI is InChI=1S/C11H11FIN3O/c1-2-9(14)10-15-11(17-16-10)7-4-3-6(12)5-8(7)13/h3-5,9H,2,14H2,1H3. The zero-order valence-corrected chi connectivity index (χ0v) is 11.3. The highest BCUT2D eigenvalue weighted by Crippen LogP contribution is 2.25. The van der Waals surface area contributed by atoms with Crippen molar-refractivity contribution in [1.82, 2.24) is 10.1 Å². The highest BCUT2D eigenvalue weighted by Gasteiger charge is 2.15. The van der Waals surface area contributed by atoms with E-state index >= 15 is 0 Å². The number of rotatable bonds is 3. The summed E-state index contributed by atoms with van der Waals surface area (Å²) in [5, 5.41) is 3.82. The molecule has 0 spiro atoms. The molecular weight excluding hydrogens is 336 g/mol. The summed E-state index contributed by atoms with van der Waals surface area (Å²) in [6.07, 6.45) is 0.736. The summed E-state index contributed by atoms with van der Waals surface area (Å²) in [5.41, 5.74) is 6.52. The van der Waals surface area contributed by atoms with Gasteiger partial charge in [0.15, 0.2) is 5.82 Å². The number of nitrogens with zero attached hydrogens (tertiary/aromatic N) is 2. The van der Waals surface area contributed by atoms with Crippen molar-refractivity contribution in [1.29, 1.82) is 0 Å². The average Bonchev–Trinajstić information content (AvgIpc) is 2.77. The van der Waals surface area contributed by atoms with Crippen LogP contribution < -0.4 is 5.73 Å². The van der Waals surface area contributed by atoms with Crippen LogP contribution in [0.1, 0.15) is 25.2 Å². The molecule has 0 bridgehead atoms. The number of halogens is 2. The van der Waals surface area contributed by atoms with Crippen molar-refractivity contribution < 1.29 is 8.91 Å². The molecule has 1 atom stereocenters. The lowest BCUT2D eigenvalue weighted by atomic mass is 10.2. The maximum absolute atomic E-state index is 13.0. The van der Waals surface area contributed by atoms with E-state index in [4.69, 9.17) is 10.3 Å². The fraction of sp³-hybridized carbons (Fsp3) is 0.273. The van der Waals surface area contributed by atoms with Crippen LogP contribution in [0.5, 0.6) is 0 Å². The molecule has 4 nitrogen and oxygen atoms in total. The van der Waals surface area contributed by atoms with Gasteiger partial charge in [0.2, 0.25) is 0 Å². The molecule has 2 N–H and O–H groups in total. The Bertz CT molecular complexity index is 529. The summed E-state index contributed by atoms with van der Waals surface area (Å²) in [4.78, 5) is 4.21. The van der Waals surface area contributed by atoms with E-state index in [0.717, 1.165) is 9.99 Å². The molecule has 0 amide bonds.